The lowest BCUT2D eigenvalue weighted by atomic mass is 9.91. The van der Waals surface area contributed by atoms with E-state index >= 15 is 0 Å². The molecule has 9 nitrogen and oxygen atoms in total. The molecule has 3 aromatic rings. The molecular weight excluding hydrogens is 475 g/mol. The van der Waals surface area contributed by atoms with Crippen LogP contribution in [0.3, 0.4) is 0 Å². The number of carbonyl (C=O) groups excluding carboxylic acids is 2. The topological polar surface area (TPSA) is 114 Å². The van der Waals surface area contributed by atoms with Gasteiger partial charge in [-0.2, -0.15) is 23.3 Å². The average Bonchev–Trinajstić information content (AvgIpc) is 3.26. The van der Waals surface area contributed by atoms with E-state index in [1.165, 1.54) is 6.92 Å². The van der Waals surface area contributed by atoms with Crippen molar-refractivity contribution in [1.82, 2.24) is 25.1 Å². The van der Waals surface area contributed by atoms with E-state index in [0.29, 0.717) is 48.7 Å². The van der Waals surface area contributed by atoms with Crippen LogP contribution in [-0.4, -0.2) is 49.7 Å². The normalized spacial score (nSPS) is 17.9. The molecular formula is C24H26F3N7O2. The Bertz CT molecular complexity index is 1250. The zero-order chi connectivity index (χ0) is 25.9. The number of rotatable bonds is 7. The second-order valence-corrected chi connectivity index (χ2v) is 8.78. The van der Waals surface area contributed by atoms with Gasteiger partial charge in [0.2, 0.25) is 5.95 Å². The van der Waals surface area contributed by atoms with Gasteiger partial charge in [0, 0.05) is 53.9 Å². The molecule has 0 aliphatic heterocycles. The molecule has 190 valence electrons. The highest BCUT2D eigenvalue weighted by Crippen LogP contribution is 2.30. The maximum absolute atomic E-state index is 12.6. The Morgan fingerprint density at radius 2 is 1.81 bits per heavy atom. The van der Waals surface area contributed by atoms with Gasteiger partial charge in [0.15, 0.2) is 5.78 Å². The van der Waals surface area contributed by atoms with Gasteiger partial charge >= 0.3 is 12.1 Å². The molecule has 0 unspecified atom stereocenters. The van der Waals surface area contributed by atoms with Gasteiger partial charge in [-0.25, -0.2) is 4.98 Å². The molecule has 3 N–H and O–H groups in total. The van der Waals surface area contributed by atoms with Crippen LogP contribution in [0.15, 0.2) is 42.9 Å². The lowest BCUT2D eigenvalue weighted by Crippen LogP contribution is -2.45. The number of halogens is 3. The average molecular weight is 502 g/mol. The third-order valence-corrected chi connectivity index (χ3v) is 5.99. The number of anilines is 3. The molecule has 2 heterocycles. The number of amides is 1. The number of nitrogens with zero attached hydrogens (tertiary/aromatic N) is 4. The molecule has 2 aromatic heterocycles. The summed E-state index contributed by atoms with van der Waals surface area (Å²) in [6.07, 6.45) is 2.24. The zero-order valence-electron chi connectivity index (χ0n) is 19.8. The van der Waals surface area contributed by atoms with Crippen molar-refractivity contribution in [2.45, 2.75) is 50.9 Å². The van der Waals surface area contributed by atoms with Crippen molar-refractivity contribution < 1.29 is 22.8 Å². The third kappa shape index (κ3) is 6.18. The van der Waals surface area contributed by atoms with Crippen LogP contribution in [0.5, 0.6) is 0 Å². The Hall–Kier alpha value is -3.96. The van der Waals surface area contributed by atoms with E-state index in [9.17, 15) is 22.8 Å². The fraction of sp³-hybridized carbons (Fsp3) is 0.375. The number of Topliss-reactive ketones (excluding diaryl/α,β-unsaturated/α-hetero) is 1. The number of hydrogen-bond acceptors (Lipinski definition) is 7. The SMILES string of the molecule is CC(=O)c1cccc(Nc2ncc(-c3cnn(C)c3)c(NC3CCC(NC(=O)C(F)(F)F)CC3)n2)c1. The van der Waals surface area contributed by atoms with E-state index in [-0.39, 0.29) is 11.8 Å². The van der Waals surface area contributed by atoms with E-state index in [2.05, 4.69) is 31.0 Å². The summed E-state index contributed by atoms with van der Waals surface area (Å²) in [5, 5.41) is 12.8. The molecule has 4 rings (SSSR count). The molecule has 0 atom stereocenters. The van der Waals surface area contributed by atoms with E-state index in [1.807, 2.05) is 6.20 Å². The maximum atomic E-state index is 12.6. The van der Waals surface area contributed by atoms with Crippen LogP contribution < -0.4 is 16.0 Å². The van der Waals surface area contributed by atoms with Crippen molar-refractivity contribution in [1.29, 1.82) is 0 Å². The van der Waals surface area contributed by atoms with Crippen molar-refractivity contribution in [2.75, 3.05) is 10.6 Å². The first kappa shape index (κ1) is 25.1. The van der Waals surface area contributed by atoms with E-state index in [0.717, 1.165) is 11.1 Å². The number of hydrogen-bond donors (Lipinski definition) is 3. The number of ketones is 1. The van der Waals surface area contributed by atoms with Crippen LogP contribution in [0.2, 0.25) is 0 Å². The summed E-state index contributed by atoms with van der Waals surface area (Å²) in [4.78, 5) is 32.0. The monoisotopic (exact) mass is 501 g/mol. The van der Waals surface area contributed by atoms with Crippen molar-refractivity contribution in [3.63, 3.8) is 0 Å². The smallest absolute Gasteiger partial charge is 0.367 e. The molecule has 1 fully saturated rings. The lowest BCUT2D eigenvalue weighted by molar-refractivity contribution is -0.174. The highest BCUT2D eigenvalue weighted by Gasteiger charge is 2.40. The molecule has 0 radical (unpaired) electrons. The van der Waals surface area contributed by atoms with Crippen LogP contribution in [-0.2, 0) is 11.8 Å². The van der Waals surface area contributed by atoms with Gasteiger partial charge in [-0.05, 0) is 44.7 Å². The second kappa shape index (κ2) is 10.3. The number of benzene rings is 1. The summed E-state index contributed by atoms with van der Waals surface area (Å²) in [6.45, 7) is 1.49. The van der Waals surface area contributed by atoms with Crippen LogP contribution in [0.4, 0.5) is 30.6 Å². The quantitative estimate of drug-likeness (QED) is 0.415. The minimum absolute atomic E-state index is 0.0525. The van der Waals surface area contributed by atoms with Crippen molar-refractivity contribution in [2.24, 2.45) is 7.05 Å². The Morgan fingerprint density at radius 1 is 1.08 bits per heavy atom. The molecule has 0 bridgehead atoms. The molecule has 12 heteroatoms. The number of carbonyl (C=O) groups is 2. The molecule has 0 saturated heterocycles. The van der Waals surface area contributed by atoms with Gasteiger partial charge in [-0.3, -0.25) is 14.3 Å². The first-order valence-electron chi connectivity index (χ1n) is 11.5. The summed E-state index contributed by atoms with van der Waals surface area (Å²) in [7, 11) is 1.80. The van der Waals surface area contributed by atoms with Crippen LogP contribution in [0.1, 0.15) is 43.0 Å². The minimum Gasteiger partial charge on any atom is -0.367 e. The Kier molecular flexibility index (Phi) is 7.22. The van der Waals surface area contributed by atoms with Crippen LogP contribution in [0.25, 0.3) is 11.1 Å². The van der Waals surface area contributed by atoms with Crippen molar-refractivity contribution in [3.05, 3.63) is 48.4 Å². The molecule has 1 amide bonds. The summed E-state index contributed by atoms with van der Waals surface area (Å²) in [5.74, 6) is -1.10. The van der Waals surface area contributed by atoms with Gasteiger partial charge in [0.05, 0.1) is 6.20 Å². The highest BCUT2D eigenvalue weighted by atomic mass is 19.4. The summed E-state index contributed by atoms with van der Waals surface area (Å²) in [5.41, 5.74) is 2.73. The van der Waals surface area contributed by atoms with Gasteiger partial charge in [-0.1, -0.05) is 12.1 Å². The first-order valence-corrected chi connectivity index (χ1v) is 11.5. The zero-order valence-corrected chi connectivity index (χ0v) is 19.8. The molecule has 1 aromatic carbocycles. The molecule has 1 aliphatic rings. The first-order chi connectivity index (χ1) is 17.1. The van der Waals surface area contributed by atoms with Crippen LogP contribution in [0, 0.1) is 0 Å². The maximum Gasteiger partial charge on any atom is 0.471 e. The third-order valence-electron chi connectivity index (χ3n) is 5.99. The fourth-order valence-corrected chi connectivity index (χ4v) is 4.11. The minimum atomic E-state index is -4.89. The molecule has 1 saturated carbocycles. The van der Waals surface area contributed by atoms with Gasteiger partial charge in [-0.15, -0.1) is 0 Å². The van der Waals surface area contributed by atoms with Crippen molar-refractivity contribution >= 4 is 29.1 Å². The predicted molar refractivity (Wildman–Crippen MR) is 128 cm³/mol. The summed E-state index contributed by atoms with van der Waals surface area (Å²) < 4.78 is 39.3. The largest absolute Gasteiger partial charge is 0.471 e. The summed E-state index contributed by atoms with van der Waals surface area (Å²) >= 11 is 0. The van der Waals surface area contributed by atoms with E-state index < -0.39 is 18.1 Å². The van der Waals surface area contributed by atoms with Crippen LogP contribution >= 0.6 is 0 Å². The number of aromatic nitrogens is 4. The van der Waals surface area contributed by atoms with E-state index in [1.54, 1.807) is 48.4 Å². The Labute approximate surface area is 205 Å². The number of aryl methyl sites for hydroxylation is 1. The van der Waals surface area contributed by atoms with Gasteiger partial charge in [0.25, 0.3) is 0 Å². The van der Waals surface area contributed by atoms with Crippen molar-refractivity contribution in [3.8, 4) is 11.1 Å². The standard InChI is InChI=1S/C24H26F3N7O2/c1-14(35)15-4-3-5-19(10-15)32-23-28-12-20(16-11-29-34(2)13-16)21(33-23)30-17-6-8-18(9-7-17)31-22(36)24(25,26)27/h3-5,10-13,17-18H,6-9H2,1-2H3,(H,31,36)(H2,28,30,32,33). The Morgan fingerprint density at radius 3 is 2.44 bits per heavy atom. The second-order valence-electron chi connectivity index (χ2n) is 8.78. The molecule has 0 spiro atoms. The Balaban J connectivity index is 1.51. The summed E-state index contributed by atoms with van der Waals surface area (Å²) in [6, 6.07) is 6.42. The van der Waals surface area contributed by atoms with E-state index in [4.69, 9.17) is 0 Å². The lowest BCUT2D eigenvalue weighted by Gasteiger charge is -2.30. The number of alkyl halides is 3. The predicted octanol–water partition coefficient (Wildman–Crippen LogP) is 4.22. The molecule has 36 heavy (non-hydrogen) atoms. The molecule has 1 aliphatic carbocycles. The highest BCUT2D eigenvalue weighted by molar-refractivity contribution is 5.95. The van der Waals surface area contributed by atoms with Gasteiger partial charge < -0.3 is 16.0 Å². The fourth-order valence-electron chi connectivity index (χ4n) is 4.11. The van der Waals surface area contributed by atoms with Gasteiger partial charge in [0.1, 0.15) is 5.82 Å². The number of nitrogens with one attached hydrogen (secondary N) is 3.